The number of anilines is 1. The summed E-state index contributed by atoms with van der Waals surface area (Å²) in [5, 5.41) is 3.06. The number of aryl methyl sites for hydroxylation is 1. The first kappa shape index (κ1) is 25.9. The molecule has 7 heteroatoms. The van der Waals surface area contributed by atoms with Crippen molar-refractivity contribution in [2.45, 2.75) is 84.8 Å². The first-order valence-corrected chi connectivity index (χ1v) is 12.8. The highest BCUT2D eigenvalue weighted by Gasteiger charge is 2.20. The van der Waals surface area contributed by atoms with Gasteiger partial charge in [-0.3, -0.25) is 14.5 Å². The zero-order valence-corrected chi connectivity index (χ0v) is 21.1. The largest absolute Gasteiger partial charge is 0.352 e. The molecule has 1 N–H and O–H groups in total. The fourth-order valence-corrected chi connectivity index (χ4v) is 4.56. The highest BCUT2D eigenvalue weighted by molar-refractivity contribution is 5.97. The Morgan fingerprint density at radius 3 is 2.53 bits per heavy atom. The van der Waals surface area contributed by atoms with Crippen LogP contribution in [0.15, 0.2) is 36.9 Å². The molecule has 2 amide bonds. The van der Waals surface area contributed by atoms with Crippen molar-refractivity contribution >= 4 is 17.5 Å². The van der Waals surface area contributed by atoms with Crippen LogP contribution in [0.3, 0.4) is 0 Å². The maximum atomic E-state index is 12.9. The number of unbranched alkanes of at least 4 members (excludes halogenated alkanes) is 1. The second-order valence-electron chi connectivity index (χ2n) is 9.61. The van der Waals surface area contributed by atoms with Gasteiger partial charge in [-0.25, -0.2) is 4.98 Å². The first-order valence-electron chi connectivity index (χ1n) is 12.8. The van der Waals surface area contributed by atoms with Crippen LogP contribution in [0.4, 0.5) is 5.69 Å². The lowest BCUT2D eigenvalue weighted by Crippen LogP contribution is -2.35. The third-order valence-electron chi connectivity index (χ3n) is 6.63. The molecular weight excluding hydrogens is 426 g/mol. The first-order chi connectivity index (χ1) is 16.5. The lowest BCUT2D eigenvalue weighted by atomic mass is 10.0. The third kappa shape index (κ3) is 7.69. The number of benzene rings is 1. The summed E-state index contributed by atoms with van der Waals surface area (Å²) in [6.45, 7) is 10.1. The van der Waals surface area contributed by atoms with E-state index in [1.807, 2.05) is 40.2 Å². The van der Waals surface area contributed by atoms with Crippen LogP contribution < -0.4 is 10.2 Å². The van der Waals surface area contributed by atoms with Gasteiger partial charge in [-0.05, 0) is 69.8 Å². The molecule has 34 heavy (non-hydrogen) atoms. The predicted octanol–water partition coefficient (Wildman–Crippen LogP) is 4.62. The SMILES string of the molecule is CC(=O)N1CCCCCCCN(C(C)C)Cc2cc(C(=O)NCCCCn3ccnc3)ccc21. The zero-order chi connectivity index (χ0) is 24.3. The van der Waals surface area contributed by atoms with Crippen molar-refractivity contribution < 1.29 is 9.59 Å². The van der Waals surface area contributed by atoms with Gasteiger partial charge in [0.25, 0.3) is 5.91 Å². The number of fused-ring (bicyclic) bond motifs is 1. The number of hydrogen-bond donors (Lipinski definition) is 1. The Labute approximate surface area is 204 Å². The normalized spacial score (nSPS) is 15.9. The van der Waals surface area contributed by atoms with Crippen LogP contribution in [-0.2, 0) is 17.9 Å². The van der Waals surface area contributed by atoms with Gasteiger partial charge in [0.1, 0.15) is 0 Å². The van der Waals surface area contributed by atoms with Crippen molar-refractivity contribution in [2.24, 2.45) is 0 Å². The number of amides is 2. The van der Waals surface area contributed by atoms with Crippen LogP contribution in [0.25, 0.3) is 0 Å². The summed E-state index contributed by atoms with van der Waals surface area (Å²) in [7, 11) is 0. The van der Waals surface area contributed by atoms with E-state index >= 15 is 0 Å². The molecule has 0 saturated heterocycles. The molecule has 0 unspecified atom stereocenters. The molecule has 0 bridgehead atoms. The second kappa shape index (κ2) is 13.3. The van der Waals surface area contributed by atoms with E-state index in [2.05, 4.69) is 29.0 Å². The molecule has 7 nitrogen and oxygen atoms in total. The van der Waals surface area contributed by atoms with Gasteiger partial charge >= 0.3 is 0 Å². The summed E-state index contributed by atoms with van der Waals surface area (Å²) >= 11 is 0. The molecular formula is C27H41N5O2. The molecule has 0 radical (unpaired) electrons. The summed E-state index contributed by atoms with van der Waals surface area (Å²) in [5.41, 5.74) is 2.65. The van der Waals surface area contributed by atoms with Crippen LogP contribution in [0, 0.1) is 0 Å². The monoisotopic (exact) mass is 467 g/mol. The van der Waals surface area contributed by atoms with E-state index in [4.69, 9.17) is 0 Å². The van der Waals surface area contributed by atoms with Crippen molar-refractivity contribution in [2.75, 3.05) is 24.5 Å². The highest BCUT2D eigenvalue weighted by atomic mass is 16.2. The predicted molar refractivity (Wildman–Crippen MR) is 137 cm³/mol. The lowest BCUT2D eigenvalue weighted by molar-refractivity contribution is -0.116. The minimum Gasteiger partial charge on any atom is -0.352 e. The lowest BCUT2D eigenvalue weighted by Gasteiger charge is -2.31. The molecule has 2 aromatic rings. The fraction of sp³-hybridized carbons (Fsp3) is 0.593. The third-order valence-corrected chi connectivity index (χ3v) is 6.63. The molecule has 2 heterocycles. The van der Waals surface area contributed by atoms with Crippen molar-refractivity contribution in [3.05, 3.63) is 48.0 Å². The number of imidazole rings is 1. The van der Waals surface area contributed by atoms with Gasteiger partial charge in [-0.2, -0.15) is 0 Å². The summed E-state index contributed by atoms with van der Waals surface area (Å²) < 4.78 is 2.05. The summed E-state index contributed by atoms with van der Waals surface area (Å²) in [4.78, 5) is 33.8. The zero-order valence-electron chi connectivity index (χ0n) is 21.1. The van der Waals surface area contributed by atoms with E-state index in [1.54, 1.807) is 13.1 Å². The molecule has 0 spiro atoms. The van der Waals surface area contributed by atoms with E-state index in [0.29, 0.717) is 18.2 Å². The van der Waals surface area contributed by atoms with Gasteiger partial charge in [0.05, 0.1) is 6.33 Å². The molecule has 1 aliphatic heterocycles. The number of carbonyl (C=O) groups is 2. The molecule has 1 aromatic heterocycles. The van der Waals surface area contributed by atoms with Gasteiger partial charge in [0.2, 0.25) is 5.91 Å². The molecule has 0 saturated carbocycles. The Bertz CT molecular complexity index is 910. The fourth-order valence-electron chi connectivity index (χ4n) is 4.56. The number of nitrogens with zero attached hydrogens (tertiary/aromatic N) is 4. The summed E-state index contributed by atoms with van der Waals surface area (Å²) in [6, 6.07) is 6.22. The Morgan fingerprint density at radius 2 is 1.82 bits per heavy atom. The minimum atomic E-state index is -0.0537. The average Bonchev–Trinajstić information content (AvgIpc) is 3.32. The number of hydrogen-bond acceptors (Lipinski definition) is 4. The van der Waals surface area contributed by atoms with E-state index < -0.39 is 0 Å². The van der Waals surface area contributed by atoms with Crippen LogP contribution in [0.2, 0.25) is 0 Å². The van der Waals surface area contributed by atoms with Crippen LogP contribution in [0.1, 0.15) is 81.6 Å². The van der Waals surface area contributed by atoms with E-state index in [0.717, 1.165) is 63.1 Å². The highest BCUT2D eigenvalue weighted by Crippen LogP contribution is 2.26. The van der Waals surface area contributed by atoms with Gasteiger partial charge < -0.3 is 14.8 Å². The molecule has 1 aliphatic rings. The van der Waals surface area contributed by atoms with E-state index in [-0.39, 0.29) is 11.8 Å². The Hall–Kier alpha value is -2.67. The standard InChI is InChI=1S/C27H41N5O2/c1-22(2)31-16-8-5-4-6-9-17-32(23(3)33)26-12-11-24(19-25(26)20-31)27(34)29-13-7-10-15-30-18-14-28-21-30/h11-12,14,18-19,21-22H,4-10,13,15-17,20H2,1-3H3,(H,29,34). The summed E-state index contributed by atoms with van der Waals surface area (Å²) in [6.07, 6.45) is 13.2. The average molecular weight is 468 g/mol. The van der Waals surface area contributed by atoms with E-state index in [9.17, 15) is 9.59 Å². The van der Waals surface area contributed by atoms with Gasteiger partial charge in [0, 0.05) is 62.8 Å². The van der Waals surface area contributed by atoms with Crippen LogP contribution in [0.5, 0.6) is 0 Å². The Morgan fingerprint density at radius 1 is 1.06 bits per heavy atom. The Kier molecular flexibility index (Phi) is 10.1. The molecule has 1 aromatic carbocycles. The quantitative estimate of drug-likeness (QED) is 0.603. The second-order valence-corrected chi connectivity index (χ2v) is 9.61. The van der Waals surface area contributed by atoms with Crippen LogP contribution >= 0.6 is 0 Å². The van der Waals surface area contributed by atoms with Crippen LogP contribution in [-0.4, -0.2) is 51.9 Å². The Balaban J connectivity index is 1.72. The summed E-state index contributed by atoms with van der Waals surface area (Å²) in [5.74, 6) is 0.00604. The van der Waals surface area contributed by atoms with Gasteiger partial charge in [-0.15, -0.1) is 0 Å². The van der Waals surface area contributed by atoms with Gasteiger partial charge in [-0.1, -0.05) is 19.3 Å². The number of nitrogens with one attached hydrogen (secondary N) is 1. The molecule has 3 rings (SSSR count). The molecule has 186 valence electrons. The van der Waals surface area contributed by atoms with E-state index in [1.165, 1.54) is 19.3 Å². The van der Waals surface area contributed by atoms with Crippen molar-refractivity contribution in [3.8, 4) is 0 Å². The topological polar surface area (TPSA) is 70.5 Å². The van der Waals surface area contributed by atoms with Crippen molar-refractivity contribution in [3.63, 3.8) is 0 Å². The number of aromatic nitrogens is 2. The number of rotatable bonds is 7. The number of carbonyl (C=O) groups excluding carboxylic acids is 2. The minimum absolute atomic E-state index is 0.0537. The molecule has 0 fully saturated rings. The smallest absolute Gasteiger partial charge is 0.251 e. The van der Waals surface area contributed by atoms with Crippen molar-refractivity contribution in [1.29, 1.82) is 0 Å². The molecule has 0 atom stereocenters. The van der Waals surface area contributed by atoms with Gasteiger partial charge in [0.15, 0.2) is 0 Å². The van der Waals surface area contributed by atoms with Crippen molar-refractivity contribution in [1.82, 2.24) is 19.8 Å². The maximum Gasteiger partial charge on any atom is 0.251 e. The molecule has 0 aliphatic carbocycles. The maximum absolute atomic E-state index is 12.9.